The molecule has 2 aliphatic heterocycles. The number of anilines is 2. The fourth-order valence-corrected chi connectivity index (χ4v) is 7.09. The number of carbonyl (C=O) groups is 2. The summed E-state index contributed by atoms with van der Waals surface area (Å²) in [5, 5.41) is 10.9. The number of hydrazone groups is 2. The van der Waals surface area contributed by atoms with Gasteiger partial charge in [-0.05, 0) is 74.5 Å². The first-order valence-corrected chi connectivity index (χ1v) is 20.5. The van der Waals surface area contributed by atoms with Crippen molar-refractivity contribution in [1.82, 2.24) is 0 Å². The quantitative estimate of drug-likeness (QED) is 0.0880. The van der Waals surface area contributed by atoms with Gasteiger partial charge in [0.15, 0.2) is 0 Å². The van der Waals surface area contributed by atoms with Gasteiger partial charge < -0.3 is 28.4 Å². The maximum absolute atomic E-state index is 13.5. The lowest BCUT2D eigenvalue weighted by atomic mass is 10.0. The van der Waals surface area contributed by atoms with Gasteiger partial charge in [-0.2, -0.15) is 37.1 Å². The van der Waals surface area contributed by atoms with Gasteiger partial charge in [-0.15, -0.1) is 0 Å². The van der Waals surface area contributed by atoms with Crippen LogP contribution < -0.4 is 38.4 Å². The van der Waals surface area contributed by atoms with Crippen LogP contribution in [0, 0.1) is 0 Å². The molecule has 0 aliphatic carbocycles. The smallest absolute Gasteiger partial charge is 0.294 e. The monoisotopic (exact) mass is 862 g/mol. The summed E-state index contributed by atoms with van der Waals surface area (Å²) >= 11 is 0. The predicted molar refractivity (Wildman–Crippen MR) is 220 cm³/mol. The molecule has 0 bridgehead atoms. The number of carbonyl (C=O) groups excluding carboxylic acids is 2. The molecule has 314 valence electrons. The Hall–Kier alpha value is -6.74. The van der Waals surface area contributed by atoms with E-state index in [2.05, 4.69) is 10.2 Å². The van der Waals surface area contributed by atoms with Crippen LogP contribution in [0.2, 0.25) is 0 Å². The molecule has 4 aromatic rings. The molecule has 2 heterocycles. The topological polar surface area (TPSA) is 229 Å². The summed E-state index contributed by atoms with van der Waals surface area (Å²) in [5.74, 6) is 1.08. The normalized spacial score (nSPS) is 15.7. The summed E-state index contributed by atoms with van der Waals surface area (Å²) in [5.41, 5.74) is 2.66. The van der Waals surface area contributed by atoms with E-state index in [-0.39, 0.29) is 45.5 Å². The lowest BCUT2D eigenvalue weighted by Gasteiger charge is -2.16. The van der Waals surface area contributed by atoms with Crippen molar-refractivity contribution in [2.24, 2.45) is 10.2 Å². The van der Waals surface area contributed by atoms with Crippen molar-refractivity contribution in [3.05, 3.63) is 95.1 Å². The minimum atomic E-state index is -4.42. The highest BCUT2D eigenvalue weighted by atomic mass is 32.2. The number of nitrogens with zero attached hydrogens (tertiary/aromatic N) is 4. The molecule has 6 rings (SSSR count). The van der Waals surface area contributed by atoms with Gasteiger partial charge in [0.2, 0.25) is 0 Å². The van der Waals surface area contributed by atoms with Gasteiger partial charge in [-0.25, -0.2) is 0 Å². The number of hydrogen-bond donors (Lipinski definition) is 2. The number of hydrogen-bond acceptors (Lipinski definition) is 14. The Morgan fingerprint density at radius 3 is 1.12 bits per heavy atom. The summed E-state index contributed by atoms with van der Waals surface area (Å²) in [6.45, 7) is 3.43. The van der Waals surface area contributed by atoms with Crippen molar-refractivity contribution in [2.45, 2.75) is 23.6 Å². The third-order valence-corrected chi connectivity index (χ3v) is 10.9. The molecule has 4 aromatic carbocycles. The van der Waals surface area contributed by atoms with Crippen molar-refractivity contribution < 1.29 is 64.0 Å². The van der Waals surface area contributed by atoms with Crippen LogP contribution in [0.15, 0.2) is 104 Å². The third kappa shape index (κ3) is 8.95. The number of ether oxygens (including phenoxy) is 6. The molecule has 0 saturated heterocycles. The van der Waals surface area contributed by atoms with Gasteiger partial charge in [-0.1, -0.05) is 0 Å². The molecular formula is C40H38N4O14S2. The molecular weight excluding hydrogens is 825 g/mol. The van der Waals surface area contributed by atoms with E-state index in [0.717, 1.165) is 10.0 Å². The van der Waals surface area contributed by atoms with E-state index in [4.69, 9.17) is 28.4 Å². The SMILES string of the molecule is COc1cc(OCCOc2cc(OC)c(/C=C3/C(=O)N(c4ccc(S(=O)(=O)O)cc4)N=C3C)c(OC)c2)cc(OC)c1/C=C1\C(=O)N(c2ccc(S(=O)(=O)O)cc2)N=C1C. The second-order valence-corrected chi connectivity index (χ2v) is 15.7. The summed E-state index contributed by atoms with van der Waals surface area (Å²) in [4.78, 5) is 26.3. The third-order valence-electron chi connectivity index (χ3n) is 9.12. The number of benzene rings is 4. The molecule has 0 saturated carbocycles. The van der Waals surface area contributed by atoms with Crippen LogP contribution >= 0.6 is 0 Å². The van der Waals surface area contributed by atoms with Gasteiger partial charge in [-0.3, -0.25) is 18.7 Å². The van der Waals surface area contributed by atoms with Crippen molar-refractivity contribution in [1.29, 1.82) is 0 Å². The summed E-state index contributed by atoms with van der Waals surface area (Å²) in [6.07, 6.45) is 3.14. The zero-order valence-corrected chi connectivity index (χ0v) is 34.5. The van der Waals surface area contributed by atoms with Crippen LogP contribution in [0.3, 0.4) is 0 Å². The number of rotatable bonds is 15. The minimum Gasteiger partial charge on any atom is -0.496 e. The van der Waals surface area contributed by atoms with E-state index in [1.165, 1.54) is 77.0 Å². The molecule has 2 amide bonds. The van der Waals surface area contributed by atoms with E-state index < -0.39 is 32.1 Å². The summed E-state index contributed by atoms with van der Waals surface area (Å²) < 4.78 is 98.9. The standard InChI is InChI=1S/C40H38N4O14S2/c1-23-31(39(45)43(41-23)25-7-11-29(12-8-25)59(47,48)49)21-33-35(53-3)17-27(18-36(33)54-4)57-15-16-58-28-19-37(55-5)34(38(20-28)56-6)22-32-24(2)42-44(40(32)46)26-9-13-30(14-10-26)60(50,51)52/h7-14,17-22H,15-16H2,1-6H3,(H,47,48,49)(H,50,51,52)/b31-21-,32-22+. The molecule has 0 fully saturated rings. The van der Waals surface area contributed by atoms with E-state index in [1.54, 1.807) is 50.3 Å². The molecule has 2 N–H and O–H groups in total. The van der Waals surface area contributed by atoms with E-state index in [9.17, 15) is 35.5 Å². The zero-order chi connectivity index (χ0) is 43.5. The van der Waals surface area contributed by atoms with Crippen LogP contribution in [0.25, 0.3) is 12.2 Å². The van der Waals surface area contributed by atoms with Gasteiger partial charge in [0.25, 0.3) is 32.1 Å². The first-order valence-electron chi connectivity index (χ1n) is 17.6. The van der Waals surface area contributed by atoms with Crippen LogP contribution in [0.1, 0.15) is 25.0 Å². The predicted octanol–water partition coefficient (Wildman–Crippen LogP) is 5.28. The lowest BCUT2D eigenvalue weighted by molar-refractivity contribution is -0.115. The van der Waals surface area contributed by atoms with Gasteiger partial charge in [0.1, 0.15) is 47.7 Å². The fraction of sp³-hybridized carbons (Fsp3) is 0.200. The second-order valence-electron chi connectivity index (χ2n) is 12.8. The maximum Gasteiger partial charge on any atom is 0.294 e. The van der Waals surface area contributed by atoms with Crippen molar-refractivity contribution >= 4 is 67.0 Å². The molecule has 0 atom stereocenters. The highest BCUT2D eigenvalue weighted by molar-refractivity contribution is 7.86. The lowest BCUT2D eigenvalue weighted by Crippen LogP contribution is -2.21. The molecule has 20 heteroatoms. The largest absolute Gasteiger partial charge is 0.496 e. The number of amides is 2. The molecule has 60 heavy (non-hydrogen) atoms. The van der Waals surface area contributed by atoms with Crippen LogP contribution in [0.4, 0.5) is 11.4 Å². The van der Waals surface area contributed by atoms with Gasteiger partial charge in [0, 0.05) is 24.3 Å². The molecule has 0 radical (unpaired) electrons. The Morgan fingerprint density at radius 1 is 0.550 bits per heavy atom. The van der Waals surface area contributed by atoms with E-state index in [1.807, 2.05) is 0 Å². The summed E-state index contributed by atoms with van der Waals surface area (Å²) in [6, 6.07) is 16.5. The highest BCUT2D eigenvalue weighted by Gasteiger charge is 2.31. The molecule has 0 spiro atoms. The second kappa shape index (κ2) is 17.2. The van der Waals surface area contributed by atoms with E-state index >= 15 is 0 Å². The highest BCUT2D eigenvalue weighted by Crippen LogP contribution is 2.39. The Balaban J connectivity index is 1.14. The average molecular weight is 863 g/mol. The van der Waals surface area contributed by atoms with Crippen LogP contribution in [0.5, 0.6) is 34.5 Å². The van der Waals surface area contributed by atoms with Crippen molar-refractivity contribution in [3.63, 3.8) is 0 Å². The molecule has 0 aromatic heterocycles. The number of methoxy groups -OCH3 is 4. The average Bonchev–Trinajstić information content (AvgIpc) is 3.67. The maximum atomic E-state index is 13.5. The Morgan fingerprint density at radius 2 is 0.850 bits per heavy atom. The van der Waals surface area contributed by atoms with Crippen LogP contribution in [-0.2, 0) is 29.8 Å². The van der Waals surface area contributed by atoms with Crippen molar-refractivity contribution in [2.75, 3.05) is 51.7 Å². The zero-order valence-electron chi connectivity index (χ0n) is 32.9. The Labute approximate surface area is 345 Å². The van der Waals surface area contributed by atoms with Gasteiger partial charge in [0.05, 0.1) is 83.3 Å². The summed E-state index contributed by atoms with van der Waals surface area (Å²) in [7, 11) is -3.04. The van der Waals surface area contributed by atoms with Gasteiger partial charge >= 0.3 is 0 Å². The first kappa shape index (κ1) is 42.9. The van der Waals surface area contributed by atoms with Crippen LogP contribution in [-0.4, -0.2) is 90.8 Å². The molecule has 2 aliphatic rings. The van der Waals surface area contributed by atoms with E-state index in [0.29, 0.717) is 57.0 Å². The molecule has 0 unspecified atom stereocenters. The van der Waals surface area contributed by atoms with Crippen molar-refractivity contribution in [3.8, 4) is 34.5 Å². The Kier molecular flexibility index (Phi) is 12.3. The Bertz CT molecular complexity index is 2470. The first-order chi connectivity index (χ1) is 28.5. The molecule has 18 nitrogen and oxygen atoms in total. The minimum absolute atomic E-state index is 0.0734. The fourth-order valence-electron chi connectivity index (χ4n) is 6.13.